The van der Waals surface area contributed by atoms with E-state index in [1.54, 1.807) is 12.1 Å². The lowest BCUT2D eigenvalue weighted by molar-refractivity contribution is -0.115. The highest BCUT2D eigenvalue weighted by atomic mass is 32.2. The third-order valence-electron chi connectivity index (χ3n) is 2.98. The van der Waals surface area contributed by atoms with Crippen LogP contribution in [0, 0.1) is 0 Å². The van der Waals surface area contributed by atoms with E-state index in [9.17, 15) is 9.59 Å². The highest BCUT2D eigenvalue weighted by Gasteiger charge is 2.15. The summed E-state index contributed by atoms with van der Waals surface area (Å²) in [4.78, 5) is 22.9. The van der Waals surface area contributed by atoms with Crippen molar-refractivity contribution < 1.29 is 9.59 Å². The van der Waals surface area contributed by atoms with Gasteiger partial charge in [-0.15, -0.1) is 10.2 Å². The topological polar surface area (TPSA) is 98.0 Å². The Kier molecular flexibility index (Phi) is 5.38. The Labute approximate surface area is 142 Å². The Bertz CT molecular complexity index is 705. The average Bonchev–Trinajstić information content (AvgIpc) is 2.92. The van der Waals surface area contributed by atoms with E-state index in [-0.39, 0.29) is 17.1 Å². The van der Waals surface area contributed by atoms with Gasteiger partial charge in [0.15, 0.2) is 4.34 Å². The van der Waals surface area contributed by atoms with Gasteiger partial charge in [0.05, 0.1) is 5.75 Å². The van der Waals surface area contributed by atoms with Gasteiger partial charge in [-0.2, -0.15) is 0 Å². The molecule has 0 radical (unpaired) electrons. The van der Waals surface area contributed by atoms with Crippen LogP contribution in [0.1, 0.15) is 36.7 Å². The lowest BCUT2D eigenvalue weighted by Gasteiger charge is -2.18. The molecule has 1 aromatic heterocycles. The molecule has 1 heterocycles. The Balaban J connectivity index is 2.00. The molecular formula is C15H18N4O2S2. The molecule has 0 unspecified atom stereocenters. The number of hydrogen-bond acceptors (Lipinski definition) is 6. The zero-order valence-electron chi connectivity index (χ0n) is 13.1. The lowest BCUT2D eigenvalue weighted by Crippen LogP contribution is -2.14. The fraction of sp³-hybridized carbons (Fsp3) is 0.333. The minimum Gasteiger partial charge on any atom is -0.369 e. The predicted molar refractivity (Wildman–Crippen MR) is 92.9 cm³/mol. The second-order valence-electron chi connectivity index (χ2n) is 5.91. The molecular weight excluding hydrogens is 332 g/mol. The van der Waals surface area contributed by atoms with E-state index in [1.807, 2.05) is 12.1 Å². The molecule has 8 heteroatoms. The summed E-state index contributed by atoms with van der Waals surface area (Å²) in [6, 6.07) is 7.48. The quantitative estimate of drug-likeness (QED) is 0.638. The normalized spacial score (nSPS) is 11.3. The van der Waals surface area contributed by atoms with E-state index in [4.69, 9.17) is 5.73 Å². The van der Waals surface area contributed by atoms with Gasteiger partial charge in [-0.1, -0.05) is 56.0 Å². The van der Waals surface area contributed by atoms with Crippen molar-refractivity contribution in [3.63, 3.8) is 0 Å². The number of nitrogens with two attached hydrogens (primary N) is 1. The number of aromatic nitrogens is 2. The molecule has 2 amide bonds. The molecule has 0 aliphatic carbocycles. The van der Waals surface area contributed by atoms with Crippen molar-refractivity contribution in [3.05, 3.63) is 35.4 Å². The number of anilines is 1. The minimum absolute atomic E-state index is 0.0424. The van der Waals surface area contributed by atoms with Gasteiger partial charge in [-0.3, -0.25) is 14.9 Å². The first-order valence-electron chi connectivity index (χ1n) is 6.92. The largest absolute Gasteiger partial charge is 0.369 e. The first-order valence-corrected chi connectivity index (χ1v) is 8.72. The van der Waals surface area contributed by atoms with Crippen molar-refractivity contribution in [2.45, 2.75) is 30.5 Å². The maximum absolute atomic E-state index is 12.2. The summed E-state index contributed by atoms with van der Waals surface area (Å²) >= 11 is 2.40. The highest BCUT2D eigenvalue weighted by molar-refractivity contribution is 8.01. The molecule has 0 saturated heterocycles. The highest BCUT2D eigenvalue weighted by Crippen LogP contribution is 2.26. The number of carbonyl (C=O) groups excluding carboxylic acids is 2. The van der Waals surface area contributed by atoms with E-state index in [0.29, 0.717) is 15.0 Å². The summed E-state index contributed by atoms with van der Waals surface area (Å²) in [5, 5.41) is 10.9. The number of carbonyl (C=O) groups is 2. The van der Waals surface area contributed by atoms with Crippen LogP contribution >= 0.6 is 23.1 Å². The molecule has 0 fully saturated rings. The van der Waals surface area contributed by atoms with Crippen LogP contribution in [0.15, 0.2) is 28.6 Å². The lowest BCUT2D eigenvalue weighted by atomic mass is 9.87. The van der Waals surface area contributed by atoms with E-state index in [1.165, 1.54) is 23.1 Å². The second kappa shape index (κ2) is 7.10. The molecule has 2 rings (SSSR count). The summed E-state index contributed by atoms with van der Waals surface area (Å²) in [5.41, 5.74) is 6.83. The van der Waals surface area contributed by atoms with Crippen LogP contribution < -0.4 is 11.1 Å². The van der Waals surface area contributed by atoms with E-state index in [2.05, 4.69) is 36.3 Å². The first kappa shape index (κ1) is 17.4. The standard InChI is InChI=1S/C15H18N4O2S2/c1-15(2,3)10-6-4-9(5-7-10)12(21)17-13-18-19-14(23-13)22-8-11(16)20/h4-7H,8H2,1-3H3,(H2,16,20)(H,17,18,21). The van der Waals surface area contributed by atoms with Crippen LogP contribution in [0.5, 0.6) is 0 Å². The monoisotopic (exact) mass is 350 g/mol. The Hall–Kier alpha value is -1.93. The van der Waals surface area contributed by atoms with Crippen LogP contribution in [0.4, 0.5) is 5.13 Å². The van der Waals surface area contributed by atoms with Crippen molar-refractivity contribution in [1.82, 2.24) is 10.2 Å². The number of rotatable bonds is 5. The van der Waals surface area contributed by atoms with Crippen LogP contribution in [0.3, 0.4) is 0 Å². The molecule has 6 nitrogen and oxygen atoms in total. The Morgan fingerprint density at radius 3 is 2.43 bits per heavy atom. The van der Waals surface area contributed by atoms with Gasteiger partial charge in [-0.25, -0.2) is 0 Å². The van der Waals surface area contributed by atoms with Crippen LogP contribution in [-0.4, -0.2) is 27.8 Å². The van der Waals surface area contributed by atoms with Gasteiger partial charge >= 0.3 is 0 Å². The number of primary amides is 1. The van der Waals surface area contributed by atoms with Crippen LogP contribution in [0.25, 0.3) is 0 Å². The molecule has 0 aliphatic rings. The van der Waals surface area contributed by atoms with E-state index < -0.39 is 5.91 Å². The number of hydrogen-bond donors (Lipinski definition) is 2. The van der Waals surface area contributed by atoms with Crippen molar-refractivity contribution >= 4 is 40.0 Å². The summed E-state index contributed by atoms with van der Waals surface area (Å²) in [6.07, 6.45) is 0. The molecule has 2 aromatic rings. The number of thioether (sulfide) groups is 1. The maximum Gasteiger partial charge on any atom is 0.257 e. The summed E-state index contributed by atoms with van der Waals surface area (Å²) < 4.78 is 0.585. The zero-order valence-corrected chi connectivity index (χ0v) is 14.8. The van der Waals surface area contributed by atoms with Gasteiger partial charge in [0, 0.05) is 5.56 Å². The Morgan fingerprint density at radius 2 is 1.87 bits per heavy atom. The first-order chi connectivity index (χ1) is 10.8. The molecule has 0 bridgehead atoms. The second-order valence-corrected chi connectivity index (χ2v) is 8.11. The van der Waals surface area contributed by atoms with Crippen molar-refractivity contribution in [2.75, 3.05) is 11.1 Å². The van der Waals surface area contributed by atoms with E-state index in [0.717, 1.165) is 5.56 Å². The number of benzene rings is 1. The van der Waals surface area contributed by atoms with Crippen molar-refractivity contribution in [2.24, 2.45) is 5.73 Å². The molecule has 0 saturated carbocycles. The molecule has 0 aliphatic heterocycles. The smallest absolute Gasteiger partial charge is 0.257 e. The molecule has 0 spiro atoms. The molecule has 3 N–H and O–H groups in total. The minimum atomic E-state index is -0.422. The Morgan fingerprint density at radius 1 is 1.22 bits per heavy atom. The number of nitrogens with zero attached hydrogens (tertiary/aromatic N) is 2. The fourth-order valence-corrected chi connectivity index (χ4v) is 3.23. The summed E-state index contributed by atoms with van der Waals surface area (Å²) in [7, 11) is 0. The van der Waals surface area contributed by atoms with Gasteiger partial charge in [-0.05, 0) is 23.1 Å². The third-order valence-corrected chi connectivity index (χ3v) is 4.97. The summed E-state index contributed by atoms with van der Waals surface area (Å²) in [6.45, 7) is 6.36. The van der Waals surface area contributed by atoms with Gasteiger partial charge in [0.1, 0.15) is 0 Å². The zero-order chi connectivity index (χ0) is 17.0. The third kappa shape index (κ3) is 5.04. The predicted octanol–water partition coefficient (Wildman–Crippen LogP) is 2.67. The summed E-state index contributed by atoms with van der Waals surface area (Å²) in [5.74, 6) is -0.528. The van der Waals surface area contributed by atoms with Crippen molar-refractivity contribution in [3.8, 4) is 0 Å². The van der Waals surface area contributed by atoms with Crippen LogP contribution in [-0.2, 0) is 10.2 Å². The van der Waals surface area contributed by atoms with Crippen LogP contribution in [0.2, 0.25) is 0 Å². The molecule has 23 heavy (non-hydrogen) atoms. The fourth-order valence-electron chi connectivity index (χ4n) is 1.74. The van der Waals surface area contributed by atoms with E-state index >= 15 is 0 Å². The number of amides is 2. The van der Waals surface area contributed by atoms with Gasteiger partial charge in [0.25, 0.3) is 5.91 Å². The molecule has 1 aromatic carbocycles. The molecule has 0 atom stereocenters. The average molecular weight is 350 g/mol. The van der Waals surface area contributed by atoms with Gasteiger partial charge in [0.2, 0.25) is 11.0 Å². The van der Waals surface area contributed by atoms with Crippen molar-refractivity contribution in [1.29, 1.82) is 0 Å². The maximum atomic E-state index is 12.2. The number of nitrogens with one attached hydrogen (secondary N) is 1. The SMILES string of the molecule is CC(C)(C)c1ccc(C(=O)Nc2nnc(SCC(N)=O)s2)cc1. The molecule has 122 valence electrons. The van der Waals surface area contributed by atoms with Gasteiger partial charge < -0.3 is 5.73 Å².